The van der Waals surface area contributed by atoms with Crippen molar-refractivity contribution in [2.75, 3.05) is 0 Å². The lowest BCUT2D eigenvalue weighted by Crippen LogP contribution is -2.49. The molecular formula is C10H9F3N2O3. The van der Waals surface area contributed by atoms with E-state index in [1.54, 1.807) is 0 Å². The molecule has 18 heavy (non-hydrogen) atoms. The minimum absolute atomic E-state index is 0.366. The molecule has 0 saturated heterocycles. The second kappa shape index (κ2) is 3.56. The Morgan fingerprint density at radius 1 is 1.50 bits per heavy atom. The summed E-state index contributed by atoms with van der Waals surface area (Å²) in [5, 5.41) is 12.4. The van der Waals surface area contributed by atoms with Crippen LogP contribution in [0.5, 0.6) is 0 Å². The van der Waals surface area contributed by atoms with Crippen LogP contribution in [0, 0.1) is 0 Å². The van der Waals surface area contributed by atoms with Crippen LogP contribution in [-0.2, 0) is 28.2 Å². The van der Waals surface area contributed by atoms with Crippen LogP contribution in [0.1, 0.15) is 24.1 Å². The number of halogens is 3. The van der Waals surface area contributed by atoms with E-state index >= 15 is 0 Å². The van der Waals surface area contributed by atoms with E-state index in [-0.39, 0.29) is 5.78 Å². The number of nitrogens with zero attached hydrogens (tertiary/aromatic N) is 2. The highest BCUT2D eigenvalue weighted by Crippen LogP contribution is 2.46. The molecule has 0 spiro atoms. The quantitative estimate of drug-likeness (QED) is 0.867. The van der Waals surface area contributed by atoms with Gasteiger partial charge in [0.2, 0.25) is 0 Å². The van der Waals surface area contributed by atoms with Crippen molar-refractivity contribution in [3.05, 3.63) is 17.5 Å². The lowest BCUT2D eigenvalue weighted by molar-refractivity contribution is -0.155. The topological polar surface area (TPSA) is 72.2 Å². The molecule has 0 bridgehead atoms. The maximum Gasteiger partial charge on any atom is 0.435 e. The third kappa shape index (κ3) is 1.68. The molecule has 2 rings (SSSR count). The Labute approximate surface area is 99.2 Å². The summed E-state index contributed by atoms with van der Waals surface area (Å²) in [6.45, 7) is 0. The molecule has 1 fully saturated rings. The molecule has 1 aliphatic rings. The zero-order chi connectivity index (χ0) is 13.7. The number of rotatable bonds is 2. The van der Waals surface area contributed by atoms with E-state index in [9.17, 15) is 22.8 Å². The number of aryl methyl sites for hydroxylation is 1. The number of carbonyl (C=O) groups excluding carboxylic acids is 1. The van der Waals surface area contributed by atoms with Gasteiger partial charge in [-0.2, -0.15) is 18.3 Å². The largest absolute Gasteiger partial charge is 0.481 e. The maximum absolute atomic E-state index is 12.8. The van der Waals surface area contributed by atoms with E-state index in [1.165, 1.54) is 7.05 Å². The van der Waals surface area contributed by atoms with E-state index in [2.05, 4.69) is 5.10 Å². The molecule has 1 aromatic rings. The van der Waals surface area contributed by atoms with Crippen LogP contribution in [0.3, 0.4) is 0 Å². The lowest BCUT2D eigenvalue weighted by atomic mass is 9.63. The van der Waals surface area contributed by atoms with E-state index in [1.807, 2.05) is 0 Å². The van der Waals surface area contributed by atoms with Crippen LogP contribution in [0.25, 0.3) is 0 Å². The third-order valence-electron chi connectivity index (χ3n) is 3.02. The SMILES string of the molecule is Cn1cc(C2(C(=O)O)CC(=O)C2)c(C(F)(F)F)n1. The van der Waals surface area contributed by atoms with Crippen LogP contribution in [0.2, 0.25) is 0 Å². The first-order valence-electron chi connectivity index (χ1n) is 5.03. The van der Waals surface area contributed by atoms with E-state index in [4.69, 9.17) is 5.11 Å². The number of Topliss-reactive ketones (excluding diaryl/α,β-unsaturated/α-hetero) is 1. The van der Waals surface area contributed by atoms with Gasteiger partial charge in [-0.1, -0.05) is 0 Å². The number of carboxylic acids is 1. The fourth-order valence-corrected chi connectivity index (χ4v) is 2.13. The number of aliphatic carboxylic acids is 1. The predicted molar refractivity (Wildman–Crippen MR) is 51.8 cm³/mol. The Hall–Kier alpha value is -1.86. The van der Waals surface area contributed by atoms with Gasteiger partial charge >= 0.3 is 12.1 Å². The van der Waals surface area contributed by atoms with Gasteiger partial charge in [0.25, 0.3) is 0 Å². The predicted octanol–water partition coefficient (Wildman–Crippen LogP) is 1.12. The van der Waals surface area contributed by atoms with E-state index in [0.717, 1.165) is 10.9 Å². The average molecular weight is 262 g/mol. The van der Waals surface area contributed by atoms with Crippen molar-refractivity contribution in [1.82, 2.24) is 9.78 Å². The minimum atomic E-state index is -4.74. The summed E-state index contributed by atoms with van der Waals surface area (Å²) in [6.07, 6.45) is -4.56. The fourth-order valence-electron chi connectivity index (χ4n) is 2.13. The van der Waals surface area contributed by atoms with Crippen molar-refractivity contribution >= 4 is 11.8 Å². The molecule has 1 aromatic heterocycles. The van der Waals surface area contributed by atoms with E-state index in [0.29, 0.717) is 0 Å². The number of alkyl halides is 3. The summed E-state index contributed by atoms with van der Waals surface area (Å²) < 4.78 is 39.2. The normalized spacial score (nSPS) is 18.6. The summed E-state index contributed by atoms with van der Waals surface area (Å²) in [7, 11) is 1.27. The number of aromatic nitrogens is 2. The molecule has 98 valence electrons. The zero-order valence-corrected chi connectivity index (χ0v) is 9.28. The number of hydrogen-bond acceptors (Lipinski definition) is 3. The first-order valence-corrected chi connectivity index (χ1v) is 5.03. The summed E-state index contributed by atoms with van der Waals surface area (Å²) >= 11 is 0. The number of carboxylic acid groups (broad SMARTS) is 1. The van der Waals surface area contributed by atoms with Gasteiger partial charge in [0.05, 0.1) is 0 Å². The van der Waals surface area contributed by atoms with Gasteiger partial charge in [0.15, 0.2) is 5.69 Å². The van der Waals surface area contributed by atoms with Crippen molar-refractivity contribution in [2.24, 2.45) is 7.05 Å². The molecule has 1 saturated carbocycles. The van der Waals surface area contributed by atoms with E-state index < -0.39 is 41.7 Å². The molecule has 1 N–H and O–H groups in total. The highest BCUT2D eigenvalue weighted by molar-refractivity contribution is 6.01. The summed E-state index contributed by atoms with van der Waals surface area (Å²) in [5.41, 5.74) is -3.46. The molecule has 1 heterocycles. The van der Waals surface area contributed by atoms with Crippen molar-refractivity contribution in [2.45, 2.75) is 24.4 Å². The maximum atomic E-state index is 12.8. The lowest BCUT2D eigenvalue weighted by Gasteiger charge is -2.36. The Morgan fingerprint density at radius 3 is 2.44 bits per heavy atom. The average Bonchev–Trinajstić information content (AvgIpc) is 2.54. The van der Waals surface area contributed by atoms with Gasteiger partial charge in [-0.25, -0.2) is 0 Å². The Balaban J connectivity index is 2.57. The van der Waals surface area contributed by atoms with Gasteiger partial charge < -0.3 is 5.11 Å². The molecule has 0 amide bonds. The summed E-state index contributed by atoms with van der Waals surface area (Å²) in [5.74, 6) is -1.80. The van der Waals surface area contributed by atoms with Crippen molar-refractivity contribution in [3.63, 3.8) is 0 Å². The van der Waals surface area contributed by atoms with Gasteiger partial charge in [-0.05, 0) is 0 Å². The first kappa shape index (κ1) is 12.6. The van der Waals surface area contributed by atoms with Crippen molar-refractivity contribution in [1.29, 1.82) is 0 Å². The van der Waals surface area contributed by atoms with Crippen molar-refractivity contribution < 1.29 is 27.9 Å². The van der Waals surface area contributed by atoms with Crippen molar-refractivity contribution in [3.8, 4) is 0 Å². The van der Waals surface area contributed by atoms with Crippen LogP contribution < -0.4 is 0 Å². The zero-order valence-electron chi connectivity index (χ0n) is 9.28. The second-order valence-electron chi connectivity index (χ2n) is 4.34. The third-order valence-corrected chi connectivity index (χ3v) is 3.02. The van der Waals surface area contributed by atoms with Gasteiger partial charge in [0.1, 0.15) is 11.2 Å². The van der Waals surface area contributed by atoms with Gasteiger partial charge in [-0.15, -0.1) is 0 Å². The highest BCUT2D eigenvalue weighted by atomic mass is 19.4. The number of hydrogen-bond donors (Lipinski definition) is 1. The molecule has 0 aromatic carbocycles. The molecule has 8 heteroatoms. The first-order chi connectivity index (χ1) is 8.17. The minimum Gasteiger partial charge on any atom is -0.481 e. The van der Waals surface area contributed by atoms with Gasteiger partial charge in [0, 0.05) is 31.6 Å². The number of ketones is 1. The molecule has 0 atom stereocenters. The molecule has 0 unspecified atom stereocenters. The molecule has 5 nitrogen and oxygen atoms in total. The molecule has 0 aliphatic heterocycles. The van der Waals surface area contributed by atoms with Gasteiger partial charge in [-0.3, -0.25) is 14.3 Å². The highest BCUT2D eigenvalue weighted by Gasteiger charge is 2.56. The summed E-state index contributed by atoms with van der Waals surface area (Å²) in [6, 6.07) is 0. The van der Waals surface area contributed by atoms with Crippen LogP contribution in [0.4, 0.5) is 13.2 Å². The Morgan fingerprint density at radius 2 is 2.06 bits per heavy atom. The monoisotopic (exact) mass is 262 g/mol. The van der Waals surface area contributed by atoms with Crippen LogP contribution >= 0.6 is 0 Å². The second-order valence-corrected chi connectivity index (χ2v) is 4.34. The molecular weight excluding hydrogens is 253 g/mol. The summed E-state index contributed by atoms with van der Waals surface area (Å²) in [4.78, 5) is 22.2. The van der Waals surface area contributed by atoms with Crippen LogP contribution in [0.15, 0.2) is 6.20 Å². The Bertz CT molecular complexity index is 525. The standard InChI is InChI=1S/C10H9F3N2O3/c1-15-4-6(7(14-15)10(11,12)13)9(8(17)18)2-5(16)3-9/h4H,2-3H2,1H3,(H,17,18). The number of carbonyl (C=O) groups is 2. The molecule has 0 radical (unpaired) electrons. The fraction of sp³-hybridized carbons (Fsp3) is 0.500. The smallest absolute Gasteiger partial charge is 0.435 e. The van der Waals surface area contributed by atoms with Crippen LogP contribution in [-0.4, -0.2) is 26.6 Å². The Kier molecular flexibility index (Phi) is 2.49. The molecule has 1 aliphatic carbocycles.